The SMILES string of the molecule is CCS(=O)(=O)Cc1cc2cccc(C(=O)O)c2n1C. The summed E-state index contributed by atoms with van der Waals surface area (Å²) < 4.78 is 25.0. The third-order valence-electron chi connectivity index (χ3n) is 3.19. The molecule has 1 heterocycles. The summed E-state index contributed by atoms with van der Waals surface area (Å²) in [5.41, 5.74) is 1.34. The summed E-state index contributed by atoms with van der Waals surface area (Å²) in [5, 5.41) is 9.90. The largest absolute Gasteiger partial charge is 0.478 e. The van der Waals surface area contributed by atoms with Gasteiger partial charge in [-0.1, -0.05) is 19.1 Å². The maximum absolute atomic E-state index is 11.7. The first-order chi connectivity index (χ1) is 8.85. The quantitative estimate of drug-likeness (QED) is 0.927. The molecule has 0 aliphatic rings. The minimum absolute atomic E-state index is 0.0698. The van der Waals surface area contributed by atoms with Crippen LogP contribution in [-0.2, 0) is 22.6 Å². The summed E-state index contributed by atoms with van der Waals surface area (Å²) in [5.74, 6) is -1.02. The molecule has 0 fully saturated rings. The molecular weight excluding hydrogens is 266 g/mol. The second kappa shape index (κ2) is 4.70. The van der Waals surface area contributed by atoms with E-state index < -0.39 is 15.8 Å². The average molecular weight is 281 g/mol. The highest BCUT2D eigenvalue weighted by molar-refractivity contribution is 7.90. The fourth-order valence-corrected chi connectivity index (χ4v) is 3.04. The van der Waals surface area contributed by atoms with Crippen molar-refractivity contribution >= 4 is 26.7 Å². The third kappa shape index (κ3) is 2.49. The Morgan fingerprint density at radius 2 is 2.05 bits per heavy atom. The van der Waals surface area contributed by atoms with Crippen molar-refractivity contribution in [2.45, 2.75) is 12.7 Å². The molecule has 1 aromatic heterocycles. The van der Waals surface area contributed by atoms with Crippen LogP contribution >= 0.6 is 0 Å². The monoisotopic (exact) mass is 281 g/mol. The average Bonchev–Trinajstić information content (AvgIpc) is 2.66. The van der Waals surface area contributed by atoms with Gasteiger partial charge in [0.15, 0.2) is 9.84 Å². The number of carbonyl (C=O) groups is 1. The first-order valence-corrected chi connectivity index (χ1v) is 7.69. The first kappa shape index (κ1) is 13.6. The summed E-state index contributed by atoms with van der Waals surface area (Å²) in [7, 11) is -1.45. The van der Waals surface area contributed by atoms with E-state index in [0.717, 1.165) is 5.39 Å². The number of benzene rings is 1. The molecule has 1 N–H and O–H groups in total. The van der Waals surface area contributed by atoms with Crippen molar-refractivity contribution in [3.05, 3.63) is 35.5 Å². The number of sulfone groups is 1. The molecule has 0 bridgehead atoms. The number of hydrogen-bond donors (Lipinski definition) is 1. The number of fused-ring (bicyclic) bond motifs is 1. The zero-order valence-corrected chi connectivity index (χ0v) is 11.6. The number of nitrogens with zero attached hydrogens (tertiary/aromatic N) is 1. The number of carboxylic acids is 1. The van der Waals surface area contributed by atoms with Gasteiger partial charge in [0.2, 0.25) is 0 Å². The lowest BCUT2D eigenvalue weighted by Gasteiger charge is -2.06. The highest BCUT2D eigenvalue weighted by atomic mass is 32.2. The Bertz CT molecular complexity index is 743. The van der Waals surface area contributed by atoms with E-state index >= 15 is 0 Å². The number of hydrogen-bond acceptors (Lipinski definition) is 3. The van der Waals surface area contributed by atoms with Crippen LogP contribution in [0.2, 0.25) is 0 Å². The van der Waals surface area contributed by atoms with E-state index in [9.17, 15) is 13.2 Å². The van der Waals surface area contributed by atoms with Gasteiger partial charge in [0.05, 0.1) is 16.8 Å². The fraction of sp³-hybridized carbons (Fsp3) is 0.308. The predicted octanol–water partition coefficient (Wildman–Crippen LogP) is 1.81. The van der Waals surface area contributed by atoms with Gasteiger partial charge in [-0.25, -0.2) is 13.2 Å². The van der Waals surface area contributed by atoms with Gasteiger partial charge in [0, 0.05) is 23.9 Å². The highest BCUT2D eigenvalue weighted by Gasteiger charge is 2.17. The molecule has 0 aliphatic carbocycles. The smallest absolute Gasteiger partial charge is 0.337 e. The number of para-hydroxylation sites is 1. The molecule has 0 aliphatic heterocycles. The molecule has 6 heteroatoms. The molecule has 0 atom stereocenters. The van der Waals surface area contributed by atoms with Crippen LogP contribution in [0.5, 0.6) is 0 Å². The Morgan fingerprint density at radius 3 is 2.63 bits per heavy atom. The van der Waals surface area contributed by atoms with Crippen LogP contribution in [0.3, 0.4) is 0 Å². The third-order valence-corrected chi connectivity index (χ3v) is 4.81. The van der Waals surface area contributed by atoms with Crippen LogP contribution in [0, 0.1) is 0 Å². The number of carboxylic acid groups (broad SMARTS) is 1. The van der Waals surface area contributed by atoms with E-state index in [2.05, 4.69) is 0 Å². The lowest BCUT2D eigenvalue weighted by Crippen LogP contribution is -2.10. The van der Waals surface area contributed by atoms with Crippen LogP contribution in [0.4, 0.5) is 0 Å². The zero-order chi connectivity index (χ0) is 14.2. The van der Waals surface area contributed by atoms with Crippen molar-refractivity contribution in [3.63, 3.8) is 0 Å². The second-order valence-electron chi connectivity index (χ2n) is 4.42. The Hall–Kier alpha value is -1.82. The molecule has 0 unspecified atom stereocenters. The van der Waals surface area contributed by atoms with E-state index in [1.54, 1.807) is 36.7 Å². The van der Waals surface area contributed by atoms with Crippen molar-refractivity contribution in [1.82, 2.24) is 4.57 Å². The van der Waals surface area contributed by atoms with Crippen molar-refractivity contribution in [2.24, 2.45) is 7.05 Å². The van der Waals surface area contributed by atoms with Crippen molar-refractivity contribution in [3.8, 4) is 0 Å². The minimum atomic E-state index is -3.14. The van der Waals surface area contributed by atoms with Gasteiger partial charge < -0.3 is 9.67 Å². The summed E-state index contributed by atoms with van der Waals surface area (Å²) in [4.78, 5) is 11.2. The highest BCUT2D eigenvalue weighted by Crippen LogP contribution is 2.24. The Labute approximate surface area is 111 Å². The van der Waals surface area contributed by atoms with E-state index in [0.29, 0.717) is 11.2 Å². The van der Waals surface area contributed by atoms with Crippen molar-refractivity contribution < 1.29 is 18.3 Å². The predicted molar refractivity (Wildman–Crippen MR) is 73.0 cm³/mol. The van der Waals surface area contributed by atoms with Crippen LogP contribution in [-0.4, -0.2) is 29.8 Å². The molecule has 1 aromatic carbocycles. The molecular formula is C13H15NO4S. The van der Waals surface area contributed by atoms with Gasteiger partial charge in [0.1, 0.15) is 0 Å². The number of rotatable bonds is 4. The van der Waals surface area contributed by atoms with E-state index in [1.165, 1.54) is 6.07 Å². The molecule has 0 saturated heterocycles. The zero-order valence-electron chi connectivity index (χ0n) is 10.8. The lowest BCUT2D eigenvalue weighted by molar-refractivity contribution is 0.0698. The molecule has 0 saturated carbocycles. The van der Waals surface area contributed by atoms with E-state index in [4.69, 9.17) is 5.11 Å². The number of aromatic carboxylic acids is 1. The maximum Gasteiger partial charge on any atom is 0.337 e. The number of aryl methyl sites for hydroxylation is 1. The van der Waals surface area contributed by atoms with Crippen LogP contribution in [0.15, 0.2) is 24.3 Å². The van der Waals surface area contributed by atoms with Crippen LogP contribution in [0.25, 0.3) is 10.9 Å². The molecule has 19 heavy (non-hydrogen) atoms. The Balaban J connectivity index is 2.64. The maximum atomic E-state index is 11.7. The number of aromatic nitrogens is 1. The molecule has 0 spiro atoms. The molecule has 5 nitrogen and oxygen atoms in total. The van der Waals surface area contributed by atoms with Gasteiger partial charge in [-0.3, -0.25) is 0 Å². The summed E-state index contributed by atoms with van der Waals surface area (Å²) in [6.45, 7) is 1.60. The van der Waals surface area contributed by atoms with Crippen LogP contribution in [0.1, 0.15) is 23.0 Å². The molecule has 0 radical (unpaired) electrons. The molecule has 2 aromatic rings. The molecule has 2 rings (SSSR count). The summed E-state index contributed by atoms with van der Waals surface area (Å²) >= 11 is 0. The van der Waals surface area contributed by atoms with E-state index in [-0.39, 0.29) is 17.1 Å². The normalized spacial score (nSPS) is 11.9. The lowest BCUT2D eigenvalue weighted by atomic mass is 10.1. The van der Waals surface area contributed by atoms with Crippen molar-refractivity contribution in [2.75, 3.05) is 5.75 Å². The molecule has 0 amide bonds. The standard InChI is InChI=1S/C13H15NO4S/c1-3-19(17,18)8-10-7-9-5-4-6-11(13(15)16)12(9)14(10)2/h4-7H,3,8H2,1-2H3,(H,15,16). The van der Waals surface area contributed by atoms with Crippen molar-refractivity contribution in [1.29, 1.82) is 0 Å². The second-order valence-corrected chi connectivity index (χ2v) is 6.77. The Morgan fingerprint density at radius 1 is 1.37 bits per heavy atom. The Kier molecular flexibility index (Phi) is 3.36. The van der Waals surface area contributed by atoms with Gasteiger partial charge >= 0.3 is 5.97 Å². The molecule has 102 valence electrons. The van der Waals surface area contributed by atoms with E-state index in [1.807, 2.05) is 0 Å². The summed E-state index contributed by atoms with van der Waals surface area (Å²) in [6.07, 6.45) is 0. The van der Waals surface area contributed by atoms with Gasteiger partial charge in [-0.15, -0.1) is 0 Å². The fourth-order valence-electron chi connectivity index (χ4n) is 2.11. The summed E-state index contributed by atoms with van der Waals surface area (Å²) in [6, 6.07) is 6.69. The van der Waals surface area contributed by atoms with Crippen LogP contribution < -0.4 is 0 Å². The topological polar surface area (TPSA) is 76.4 Å². The van der Waals surface area contributed by atoms with Gasteiger partial charge in [-0.05, 0) is 12.1 Å². The van der Waals surface area contributed by atoms with Gasteiger partial charge in [0.25, 0.3) is 0 Å². The minimum Gasteiger partial charge on any atom is -0.478 e. The van der Waals surface area contributed by atoms with Gasteiger partial charge in [-0.2, -0.15) is 0 Å². The first-order valence-electron chi connectivity index (χ1n) is 5.86.